The van der Waals surface area contributed by atoms with Gasteiger partial charge >= 0.3 is 11.9 Å². The first kappa shape index (κ1) is 37.8. The maximum absolute atomic E-state index is 11.1. The summed E-state index contributed by atoms with van der Waals surface area (Å²) in [6.45, 7) is 11.7. The number of carbonyl (C=O) groups is 2. The van der Waals surface area contributed by atoms with Gasteiger partial charge < -0.3 is 9.47 Å². The normalized spacial score (nSPS) is 10.2. The minimum absolute atomic E-state index is 0.373. The summed E-state index contributed by atoms with van der Waals surface area (Å²) < 4.78 is 10.0. The lowest BCUT2D eigenvalue weighted by Crippen LogP contribution is -2.01. The molecule has 0 aliphatic rings. The summed E-state index contributed by atoms with van der Waals surface area (Å²) in [6.07, 6.45) is 9.55. The maximum Gasteiger partial charge on any atom is 0.330 e. The fraction of sp³-hybridized carbons (Fsp3) is 0.238. The summed E-state index contributed by atoms with van der Waals surface area (Å²) in [7, 11) is 0. The molecule has 50 heavy (non-hydrogen) atoms. The second kappa shape index (κ2) is 20.5. The van der Waals surface area contributed by atoms with Crippen LogP contribution in [0.2, 0.25) is 0 Å². The van der Waals surface area contributed by atoms with Crippen LogP contribution in [0.3, 0.4) is 0 Å². The predicted octanol–water partition coefficient (Wildman–Crippen LogP) is 8.76. The summed E-state index contributed by atoms with van der Waals surface area (Å²) in [6, 6.07) is 20.5. The van der Waals surface area contributed by atoms with Gasteiger partial charge in [-0.15, -0.1) is 23.5 Å². The minimum Gasteiger partial charge on any atom is -0.463 e. The number of hydrogen-bond acceptors (Lipinski definition) is 8. The maximum atomic E-state index is 11.1. The zero-order valence-corrected chi connectivity index (χ0v) is 30.1. The van der Waals surface area contributed by atoms with Crippen molar-refractivity contribution in [2.75, 3.05) is 24.7 Å². The molecule has 2 aromatic heterocycles. The number of unbranched alkanes of at least 4 members (excludes halogenated alkanes) is 2. The molecule has 0 bridgehead atoms. The third-order valence-corrected chi connectivity index (χ3v) is 9.43. The predicted molar refractivity (Wildman–Crippen MR) is 204 cm³/mol. The number of carbonyl (C=O) groups excluding carboxylic acids is 2. The van der Waals surface area contributed by atoms with Crippen LogP contribution in [0, 0.1) is 37.5 Å². The fourth-order valence-electron chi connectivity index (χ4n) is 4.59. The van der Waals surface area contributed by atoms with Crippen LogP contribution in [0.5, 0.6) is 0 Å². The topological polar surface area (TPSA) is 78.4 Å². The van der Waals surface area contributed by atoms with Crippen LogP contribution in [0.1, 0.15) is 59.1 Å². The quantitative estimate of drug-likeness (QED) is 0.0401. The Morgan fingerprint density at radius 1 is 0.620 bits per heavy atom. The van der Waals surface area contributed by atoms with Gasteiger partial charge in [0.05, 0.1) is 24.6 Å². The Kier molecular flexibility index (Phi) is 15.5. The van der Waals surface area contributed by atoms with E-state index in [4.69, 9.17) is 19.4 Å². The second-order valence-corrected chi connectivity index (χ2v) is 13.5. The zero-order valence-electron chi connectivity index (χ0n) is 28.5. The smallest absolute Gasteiger partial charge is 0.330 e. The number of aryl methyl sites for hydroxylation is 2. The average Bonchev–Trinajstić information content (AvgIpc) is 3.13. The molecule has 0 fully saturated rings. The van der Waals surface area contributed by atoms with E-state index in [-0.39, 0.29) is 11.9 Å². The first-order valence-corrected chi connectivity index (χ1v) is 18.3. The van der Waals surface area contributed by atoms with Gasteiger partial charge in [0.1, 0.15) is 0 Å². The molecule has 0 saturated carbocycles. The number of ether oxygens (including phenoxy) is 2. The van der Waals surface area contributed by atoms with E-state index in [2.05, 4.69) is 61.1 Å². The van der Waals surface area contributed by atoms with E-state index in [1.807, 2.05) is 50.2 Å². The van der Waals surface area contributed by atoms with Crippen LogP contribution in [0.25, 0.3) is 11.4 Å². The fourth-order valence-corrected chi connectivity index (χ4v) is 6.42. The number of esters is 2. The van der Waals surface area contributed by atoms with Crippen molar-refractivity contribution in [3.63, 3.8) is 0 Å². The molecule has 0 atom stereocenters. The number of rotatable bonds is 15. The molecular formula is C42H40N2O4S2. The Hall–Kier alpha value is -5.02. The molecule has 0 radical (unpaired) electrons. The van der Waals surface area contributed by atoms with Gasteiger partial charge in [-0.05, 0) is 123 Å². The summed E-state index contributed by atoms with van der Waals surface area (Å²) in [4.78, 5) is 34.0. The number of benzene rings is 2. The SMILES string of the molecule is C=CC(=O)OCCCCSc1ccc(C#Cc2cnc(-c3ncc(C#Cc4ccc(SCCCCOC(=O)C=C)cc4)cc3C)c(C)c2)cc1. The Morgan fingerprint density at radius 3 is 1.36 bits per heavy atom. The minimum atomic E-state index is -0.373. The molecular weight excluding hydrogens is 661 g/mol. The van der Waals surface area contributed by atoms with Gasteiger partial charge in [-0.25, -0.2) is 9.59 Å². The highest BCUT2D eigenvalue weighted by molar-refractivity contribution is 7.99. The number of thioether (sulfide) groups is 2. The van der Waals surface area contributed by atoms with Crippen LogP contribution in [0.4, 0.5) is 0 Å². The first-order chi connectivity index (χ1) is 24.3. The first-order valence-electron chi connectivity index (χ1n) is 16.4. The molecule has 0 unspecified atom stereocenters. The van der Waals surface area contributed by atoms with Gasteiger partial charge in [-0.2, -0.15) is 0 Å². The van der Waals surface area contributed by atoms with Gasteiger partial charge in [-0.1, -0.05) is 36.8 Å². The van der Waals surface area contributed by atoms with Crippen molar-refractivity contribution in [1.82, 2.24) is 9.97 Å². The highest BCUT2D eigenvalue weighted by atomic mass is 32.2. The van der Waals surface area contributed by atoms with E-state index >= 15 is 0 Å². The molecule has 0 aliphatic heterocycles. The highest BCUT2D eigenvalue weighted by Gasteiger charge is 2.10. The molecule has 6 nitrogen and oxygen atoms in total. The summed E-state index contributed by atoms with van der Waals surface area (Å²) in [5.41, 5.74) is 7.24. The Balaban J connectivity index is 1.27. The monoisotopic (exact) mass is 700 g/mol. The summed E-state index contributed by atoms with van der Waals surface area (Å²) >= 11 is 3.55. The standard InChI is InChI=1S/C42H40N2O4S2/c1-5-39(45)47-23-7-9-25-49-37-19-15-33(16-20-37)11-13-35-27-31(3)41(43-29-35)42-32(4)28-36(30-44-42)14-12-34-17-21-38(22-18-34)50-26-10-8-24-48-40(46)6-2/h5-6,15-22,27-30H,1-2,7-10,23-26H2,3-4H3. The largest absolute Gasteiger partial charge is 0.463 e. The van der Waals surface area contributed by atoms with E-state index < -0.39 is 0 Å². The number of nitrogens with zero attached hydrogens (tertiary/aromatic N) is 2. The third-order valence-electron chi connectivity index (χ3n) is 7.23. The second-order valence-electron chi connectivity index (χ2n) is 11.2. The van der Waals surface area contributed by atoms with E-state index in [0.29, 0.717) is 13.2 Å². The third kappa shape index (κ3) is 12.8. The molecule has 0 saturated heterocycles. The van der Waals surface area contributed by atoms with Crippen molar-refractivity contribution in [3.05, 3.63) is 132 Å². The van der Waals surface area contributed by atoms with Gasteiger partial charge in [0, 0.05) is 56.6 Å². The van der Waals surface area contributed by atoms with E-state index in [1.165, 1.54) is 21.9 Å². The van der Waals surface area contributed by atoms with Crippen molar-refractivity contribution < 1.29 is 19.1 Å². The lowest BCUT2D eigenvalue weighted by atomic mass is 10.0. The van der Waals surface area contributed by atoms with Gasteiger partial charge in [0.15, 0.2) is 0 Å². The molecule has 0 amide bonds. The molecule has 4 rings (SSSR count). The Bertz CT molecular complexity index is 1770. The summed E-state index contributed by atoms with van der Waals surface area (Å²) in [5, 5.41) is 0. The van der Waals surface area contributed by atoms with E-state index in [1.54, 1.807) is 35.9 Å². The zero-order chi connectivity index (χ0) is 35.6. The van der Waals surface area contributed by atoms with Crippen LogP contribution < -0.4 is 0 Å². The van der Waals surface area contributed by atoms with Crippen molar-refractivity contribution in [1.29, 1.82) is 0 Å². The molecule has 2 aromatic carbocycles. The molecule has 0 spiro atoms. The molecule has 0 aliphatic carbocycles. The molecule has 0 N–H and O–H groups in total. The van der Waals surface area contributed by atoms with Crippen molar-refractivity contribution >= 4 is 35.5 Å². The van der Waals surface area contributed by atoms with Gasteiger partial charge in [0.25, 0.3) is 0 Å². The van der Waals surface area contributed by atoms with Crippen LogP contribution in [-0.4, -0.2) is 46.6 Å². The molecule has 254 valence electrons. The van der Waals surface area contributed by atoms with Crippen LogP contribution >= 0.6 is 23.5 Å². The van der Waals surface area contributed by atoms with Gasteiger partial charge in [-0.3, -0.25) is 9.97 Å². The lowest BCUT2D eigenvalue weighted by molar-refractivity contribution is -0.138. The number of hydrogen-bond donors (Lipinski definition) is 0. The van der Waals surface area contributed by atoms with E-state index in [9.17, 15) is 9.59 Å². The van der Waals surface area contributed by atoms with Crippen LogP contribution in [0.15, 0.2) is 108 Å². The van der Waals surface area contributed by atoms with E-state index in [0.717, 1.165) is 82.0 Å². The Morgan fingerprint density at radius 2 is 1.00 bits per heavy atom. The van der Waals surface area contributed by atoms with Crippen molar-refractivity contribution in [3.8, 4) is 35.1 Å². The number of aromatic nitrogens is 2. The molecule has 2 heterocycles. The van der Waals surface area contributed by atoms with Gasteiger partial charge in [0.2, 0.25) is 0 Å². The van der Waals surface area contributed by atoms with Crippen molar-refractivity contribution in [2.45, 2.75) is 49.3 Å². The molecule has 8 heteroatoms. The van der Waals surface area contributed by atoms with Crippen molar-refractivity contribution in [2.24, 2.45) is 0 Å². The molecule has 4 aromatic rings. The lowest BCUT2D eigenvalue weighted by Gasteiger charge is -2.08. The Labute approximate surface area is 304 Å². The summed E-state index contributed by atoms with van der Waals surface area (Å²) in [5.74, 6) is 14.1. The van der Waals surface area contributed by atoms with Crippen LogP contribution in [-0.2, 0) is 19.1 Å². The highest BCUT2D eigenvalue weighted by Crippen LogP contribution is 2.24. The average molecular weight is 701 g/mol. The number of pyridine rings is 2.